The third-order valence-electron chi connectivity index (χ3n) is 4.50. The highest BCUT2D eigenvalue weighted by Crippen LogP contribution is 2.26. The molecular weight excluding hydrogens is 349 g/mol. The monoisotopic (exact) mass is 370 g/mol. The summed E-state index contributed by atoms with van der Waals surface area (Å²) in [5.74, 6) is -0.0698. The van der Waals surface area contributed by atoms with Gasteiger partial charge in [0.15, 0.2) is 6.04 Å². The Morgan fingerprint density at radius 3 is 2.44 bits per heavy atom. The molecule has 0 bridgehead atoms. The Balaban J connectivity index is 2.02. The highest BCUT2D eigenvalue weighted by Gasteiger charge is 2.24. The predicted octanol–water partition coefficient (Wildman–Crippen LogP) is 3.08. The number of fused-ring (bicyclic) bond motifs is 1. The van der Waals surface area contributed by atoms with E-state index in [0.29, 0.717) is 33.6 Å². The smallest absolute Gasteiger partial charge is 0.370 e. The van der Waals surface area contributed by atoms with E-state index in [4.69, 9.17) is 9.15 Å². The lowest BCUT2D eigenvalue weighted by Gasteiger charge is -2.12. The zero-order valence-corrected chi connectivity index (χ0v) is 15.4. The van der Waals surface area contributed by atoms with Crippen molar-refractivity contribution in [2.75, 3.05) is 0 Å². The minimum atomic E-state index is -0.490. The van der Waals surface area contributed by atoms with Gasteiger partial charge in [0.05, 0.1) is 10.9 Å². The molecule has 0 aliphatic carbocycles. The first-order valence-electron chi connectivity index (χ1n) is 8.66. The van der Waals surface area contributed by atoms with Crippen molar-refractivity contribution in [2.45, 2.75) is 26.8 Å². The average Bonchev–Trinajstić information content (AvgIpc) is 2.62. The van der Waals surface area contributed by atoms with Gasteiger partial charge < -0.3 is 14.9 Å². The van der Waals surface area contributed by atoms with Crippen molar-refractivity contribution < 1.29 is 24.1 Å². The fourth-order valence-electron chi connectivity index (χ4n) is 2.76. The number of halogens is 1. The molecule has 140 valence electrons. The Morgan fingerprint density at radius 1 is 1.15 bits per heavy atom. The molecule has 0 amide bonds. The van der Waals surface area contributed by atoms with E-state index in [2.05, 4.69) is 5.73 Å². The second-order valence-electron chi connectivity index (χ2n) is 6.80. The molecule has 2 aromatic carbocycles. The molecule has 0 unspecified atom stereocenters. The first-order chi connectivity index (χ1) is 12.8. The van der Waals surface area contributed by atoms with Crippen molar-refractivity contribution in [3.63, 3.8) is 0 Å². The minimum absolute atomic E-state index is 0.0522. The summed E-state index contributed by atoms with van der Waals surface area (Å²) in [6.45, 7) is 5.44. The standard InChI is InChI=1S/C21H20FNO4/c1-11(2)19(23)21(25)27-15-8-9-16-17(10-15)26-12(3)18(20(16)24)13-4-6-14(22)7-5-13/h4-11,19H,23H2,1-3H3/p+1/t19-/m0/s1. The molecule has 6 heteroatoms. The van der Waals surface area contributed by atoms with Gasteiger partial charge in [0.25, 0.3) is 0 Å². The fraction of sp³-hybridized carbons (Fsp3) is 0.238. The number of rotatable bonds is 4. The van der Waals surface area contributed by atoms with Gasteiger partial charge in [0.2, 0.25) is 5.43 Å². The molecule has 1 heterocycles. The molecule has 1 aromatic heterocycles. The Bertz CT molecular complexity index is 1050. The topological polar surface area (TPSA) is 84.2 Å². The van der Waals surface area contributed by atoms with Crippen LogP contribution in [0.1, 0.15) is 19.6 Å². The lowest BCUT2D eigenvalue weighted by Crippen LogP contribution is -2.68. The number of carbonyl (C=O) groups is 1. The van der Waals surface area contributed by atoms with E-state index in [1.165, 1.54) is 30.3 Å². The number of hydrogen-bond donors (Lipinski definition) is 1. The number of benzene rings is 2. The summed E-state index contributed by atoms with van der Waals surface area (Å²) in [6.07, 6.45) is 0. The van der Waals surface area contributed by atoms with Crippen molar-refractivity contribution in [2.24, 2.45) is 5.92 Å². The normalized spacial score (nSPS) is 12.4. The van der Waals surface area contributed by atoms with Gasteiger partial charge in [-0.3, -0.25) is 4.79 Å². The van der Waals surface area contributed by atoms with Crippen LogP contribution in [0.3, 0.4) is 0 Å². The molecule has 0 fully saturated rings. The average molecular weight is 370 g/mol. The molecule has 0 saturated heterocycles. The largest absolute Gasteiger partial charge is 0.460 e. The van der Waals surface area contributed by atoms with E-state index in [-0.39, 0.29) is 17.2 Å². The molecule has 3 N–H and O–H groups in total. The van der Waals surface area contributed by atoms with Crippen LogP contribution >= 0.6 is 0 Å². The van der Waals surface area contributed by atoms with Crippen molar-refractivity contribution in [3.8, 4) is 16.9 Å². The lowest BCUT2D eigenvalue weighted by molar-refractivity contribution is -0.417. The number of ether oxygens (including phenoxy) is 1. The van der Waals surface area contributed by atoms with Gasteiger partial charge >= 0.3 is 5.97 Å². The summed E-state index contributed by atoms with van der Waals surface area (Å²) >= 11 is 0. The van der Waals surface area contributed by atoms with Crippen LogP contribution in [0.25, 0.3) is 22.1 Å². The van der Waals surface area contributed by atoms with E-state index in [0.717, 1.165) is 0 Å². The molecule has 0 radical (unpaired) electrons. The van der Waals surface area contributed by atoms with Gasteiger partial charge in [-0.05, 0) is 36.8 Å². The highest BCUT2D eigenvalue weighted by molar-refractivity contribution is 5.85. The van der Waals surface area contributed by atoms with E-state index < -0.39 is 12.0 Å². The molecule has 0 aliphatic rings. The molecule has 27 heavy (non-hydrogen) atoms. The van der Waals surface area contributed by atoms with Crippen LogP contribution in [0, 0.1) is 18.7 Å². The number of aryl methyl sites for hydroxylation is 1. The maximum absolute atomic E-state index is 13.2. The summed E-state index contributed by atoms with van der Waals surface area (Å²) < 4.78 is 24.3. The van der Waals surface area contributed by atoms with Crippen LogP contribution in [0.2, 0.25) is 0 Å². The number of esters is 1. The second-order valence-corrected chi connectivity index (χ2v) is 6.80. The van der Waals surface area contributed by atoms with Crippen LogP contribution < -0.4 is 15.9 Å². The van der Waals surface area contributed by atoms with E-state index in [9.17, 15) is 14.0 Å². The van der Waals surface area contributed by atoms with Gasteiger partial charge in [-0.2, -0.15) is 0 Å². The van der Waals surface area contributed by atoms with Crippen LogP contribution in [0.5, 0.6) is 5.75 Å². The summed E-state index contributed by atoms with van der Waals surface area (Å²) in [6, 6.07) is 9.81. The number of quaternary nitrogens is 1. The fourth-order valence-corrected chi connectivity index (χ4v) is 2.76. The van der Waals surface area contributed by atoms with E-state index in [1.807, 2.05) is 13.8 Å². The summed E-state index contributed by atoms with van der Waals surface area (Å²) in [5, 5.41) is 0.356. The summed E-state index contributed by atoms with van der Waals surface area (Å²) in [7, 11) is 0. The highest BCUT2D eigenvalue weighted by atomic mass is 19.1. The molecule has 0 spiro atoms. The first-order valence-corrected chi connectivity index (χ1v) is 8.66. The van der Waals surface area contributed by atoms with Crippen molar-refractivity contribution >= 4 is 16.9 Å². The zero-order valence-electron chi connectivity index (χ0n) is 15.4. The van der Waals surface area contributed by atoms with Crippen LogP contribution in [-0.2, 0) is 4.79 Å². The van der Waals surface area contributed by atoms with Crippen LogP contribution in [0.4, 0.5) is 4.39 Å². The molecule has 3 rings (SSSR count). The molecule has 0 saturated carbocycles. The quantitative estimate of drug-likeness (QED) is 0.565. The maximum Gasteiger partial charge on any atom is 0.370 e. The van der Waals surface area contributed by atoms with Crippen molar-refractivity contribution in [1.82, 2.24) is 0 Å². The van der Waals surface area contributed by atoms with Gasteiger partial charge in [-0.15, -0.1) is 0 Å². The van der Waals surface area contributed by atoms with Gasteiger partial charge in [-0.25, -0.2) is 9.18 Å². The molecule has 0 aliphatic heterocycles. The third-order valence-corrected chi connectivity index (χ3v) is 4.50. The van der Waals surface area contributed by atoms with Gasteiger partial charge in [-0.1, -0.05) is 26.0 Å². The second kappa shape index (κ2) is 7.32. The molecule has 3 aromatic rings. The van der Waals surface area contributed by atoms with Crippen LogP contribution in [0.15, 0.2) is 51.7 Å². The summed E-state index contributed by atoms with van der Waals surface area (Å²) in [4.78, 5) is 25.0. The number of hydrogen-bond acceptors (Lipinski definition) is 4. The molecule has 1 atom stereocenters. The number of carbonyl (C=O) groups excluding carboxylic acids is 1. The first kappa shape index (κ1) is 18.8. The molecule has 5 nitrogen and oxygen atoms in total. The Morgan fingerprint density at radius 2 is 1.81 bits per heavy atom. The zero-order chi connectivity index (χ0) is 19.7. The van der Waals surface area contributed by atoms with Crippen LogP contribution in [-0.4, -0.2) is 12.0 Å². The predicted molar refractivity (Wildman–Crippen MR) is 99.8 cm³/mol. The Labute approximate surface area is 155 Å². The lowest BCUT2D eigenvalue weighted by atomic mass is 10.0. The van der Waals surface area contributed by atoms with Gasteiger partial charge in [0.1, 0.15) is 22.9 Å². The van der Waals surface area contributed by atoms with Crippen molar-refractivity contribution in [3.05, 3.63) is 64.3 Å². The third kappa shape index (κ3) is 3.75. The maximum atomic E-state index is 13.2. The van der Waals surface area contributed by atoms with Crippen molar-refractivity contribution in [1.29, 1.82) is 0 Å². The van der Waals surface area contributed by atoms with E-state index >= 15 is 0 Å². The minimum Gasteiger partial charge on any atom is -0.460 e. The SMILES string of the molecule is Cc1oc2cc(OC(=O)[C@@H]([NH3+])C(C)C)ccc2c(=O)c1-c1ccc(F)cc1. The Kier molecular flexibility index (Phi) is 5.10. The van der Waals surface area contributed by atoms with E-state index in [1.54, 1.807) is 19.1 Å². The Hall–Kier alpha value is -2.99. The van der Waals surface area contributed by atoms with Gasteiger partial charge in [0, 0.05) is 12.0 Å². The molecular formula is C21H21FNO4+. The summed E-state index contributed by atoms with van der Waals surface area (Å²) in [5.41, 5.74) is 4.85.